The van der Waals surface area contributed by atoms with Gasteiger partial charge in [0.25, 0.3) is 5.91 Å². The Morgan fingerprint density at radius 1 is 1.05 bits per heavy atom. The molecule has 0 bridgehead atoms. The van der Waals surface area contributed by atoms with Gasteiger partial charge in [0.2, 0.25) is 0 Å². The molecule has 0 saturated carbocycles. The van der Waals surface area contributed by atoms with Gasteiger partial charge >= 0.3 is 0 Å². The monoisotopic (exact) mass is 297 g/mol. The van der Waals surface area contributed by atoms with Gasteiger partial charge in [0.15, 0.2) is 0 Å². The molecule has 3 rings (SSSR count). The maximum atomic E-state index is 12.4. The van der Waals surface area contributed by atoms with Gasteiger partial charge in [0.1, 0.15) is 5.75 Å². The molecular weight excluding hydrogens is 278 g/mol. The third kappa shape index (κ3) is 3.12. The van der Waals surface area contributed by atoms with Crippen molar-refractivity contribution < 1.29 is 14.3 Å². The maximum Gasteiger partial charge on any atom is 0.254 e. The maximum absolute atomic E-state index is 12.4. The van der Waals surface area contributed by atoms with E-state index in [1.807, 2.05) is 53.4 Å². The van der Waals surface area contributed by atoms with E-state index in [1.54, 1.807) is 7.11 Å². The molecule has 1 heterocycles. The molecular formula is C18H19NO3. The first-order chi connectivity index (χ1) is 10.8. The number of ether oxygens (including phenoxy) is 2. The van der Waals surface area contributed by atoms with E-state index in [1.165, 1.54) is 0 Å². The summed E-state index contributed by atoms with van der Waals surface area (Å²) >= 11 is 0. The fourth-order valence-corrected chi connectivity index (χ4v) is 2.56. The zero-order chi connectivity index (χ0) is 15.4. The smallest absolute Gasteiger partial charge is 0.254 e. The predicted molar refractivity (Wildman–Crippen MR) is 85.2 cm³/mol. The Balaban J connectivity index is 1.78. The average molecular weight is 297 g/mol. The minimum atomic E-state index is 0.0699. The first-order valence-electron chi connectivity index (χ1n) is 7.39. The average Bonchev–Trinajstić information content (AvgIpc) is 2.62. The minimum absolute atomic E-state index is 0.0699. The minimum Gasteiger partial charge on any atom is -0.497 e. The second-order valence-corrected chi connectivity index (χ2v) is 5.21. The highest BCUT2D eigenvalue weighted by atomic mass is 16.5. The normalized spacial score (nSPS) is 14.7. The highest BCUT2D eigenvalue weighted by Gasteiger charge is 2.18. The number of hydrogen-bond donors (Lipinski definition) is 0. The predicted octanol–water partition coefficient (Wildman–Crippen LogP) is 2.83. The number of morpholine rings is 1. The Bertz CT molecular complexity index is 646. The summed E-state index contributed by atoms with van der Waals surface area (Å²) in [5, 5.41) is 0. The molecule has 1 amide bonds. The molecule has 0 atom stereocenters. The van der Waals surface area contributed by atoms with E-state index >= 15 is 0 Å². The first kappa shape index (κ1) is 14.6. The van der Waals surface area contributed by atoms with Gasteiger partial charge in [-0.1, -0.05) is 24.3 Å². The molecule has 0 radical (unpaired) electrons. The van der Waals surface area contributed by atoms with Gasteiger partial charge in [-0.2, -0.15) is 0 Å². The van der Waals surface area contributed by atoms with Gasteiger partial charge in [-0.3, -0.25) is 4.79 Å². The highest BCUT2D eigenvalue weighted by molar-refractivity contribution is 5.94. The van der Waals surface area contributed by atoms with Crippen molar-refractivity contribution in [3.8, 4) is 16.9 Å². The highest BCUT2D eigenvalue weighted by Crippen LogP contribution is 2.24. The molecule has 114 valence electrons. The van der Waals surface area contributed by atoms with Crippen LogP contribution >= 0.6 is 0 Å². The third-order valence-electron chi connectivity index (χ3n) is 3.83. The standard InChI is InChI=1S/C18H19NO3/c1-21-17-4-2-3-16(13-17)14-5-7-15(8-6-14)18(20)19-9-11-22-12-10-19/h2-8,13H,9-12H2,1H3. The van der Waals surface area contributed by atoms with Gasteiger partial charge in [-0.15, -0.1) is 0 Å². The van der Waals surface area contributed by atoms with Crippen molar-refractivity contribution in [2.24, 2.45) is 0 Å². The fraction of sp³-hybridized carbons (Fsp3) is 0.278. The molecule has 0 aromatic heterocycles. The third-order valence-corrected chi connectivity index (χ3v) is 3.83. The van der Waals surface area contributed by atoms with Gasteiger partial charge in [-0.05, 0) is 35.4 Å². The van der Waals surface area contributed by atoms with Crippen LogP contribution in [0, 0.1) is 0 Å². The number of rotatable bonds is 3. The van der Waals surface area contributed by atoms with E-state index in [4.69, 9.17) is 9.47 Å². The SMILES string of the molecule is COc1cccc(-c2ccc(C(=O)N3CCOCC3)cc2)c1. The molecule has 1 fully saturated rings. The number of carbonyl (C=O) groups is 1. The molecule has 0 aliphatic carbocycles. The lowest BCUT2D eigenvalue weighted by Gasteiger charge is -2.26. The van der Waals surface area contributed by atoms with Crippen LogP contribution in [0.4, 0.5) is 0 Å². The lowest BCUT2D eigenvalue weighted by molar-refractivity contribution is 0.0303. The summed E-state index contributed by atoms with van der Waals surface area (Å²) in [5.41, 5.74) is 2.86. The van der Waals surface area contributed by atoms with E-state index in [9.17, 15) is 4.79 Å². The van der Waals surface area contributed by atoms with Crippen molar-refractivity contribution in [2.75, 3.05) is 33.4 Å². The molecule has 1 aliphatic rings. The van der Waals surface area contributed by atoms with Crippen LogP contribution in [-0.4, -0.2) is 44.2 Å². The summed E-state index contributed by atoms with van der Waals surface area (Å²) < 4.78 is 10.5. The van der Waals surface area contributed by atoms with Crippen molar-refractivity contribution in [1.29, 1.82) is 0 Å². The van der Waals surface area contributed by atoms with Crippen molar-refractivity contribution in [2.45, 2.75) is 0 Å². The van der Waals surface area contributed by atoms with Crippen LogP contribution in [0.1, 0.15) is 10.4 Å². The molecule has 22 heavy (non-hydrogen) atoms. The van der Waals surface area contributed by atoms with E-state index in [-0.39, 0.29) is 5.91 Å². The molecule has 0 unspecified atom stereocenters. The van der Waals surface area contributed by atoms with E-state index in [2.05, 4.69) is 0 Å². The van der Waals surface area contributed by atoms with Gasteiger partial charge < -0.3 is 14.4 Å². The number of benzene rings is 2. The van der Waals surface area contributed by atoms with Crippen molar-refractivity contribution in [3.63, 3.8) is 0 Å². The van der Waals surface area contributed by atoms with Crippen LogP contribution in [0.25, 0.3) is 11.1 Å². The lowest BCUT2D eigenvalue weighted by Crippen LogP contribution is -2.40. The van der Waals surface area contributed by atoms with Crippen molar-refractivity contribution >= 4 is 5.91 Å². The summed E-state index contributed by atoms with van der Waals surface area (Å²) in [5.74, 6) is 0.895. The quantitative estimate of drug-likeness (QED) is 0.874. The van der Waals surface area contributed by atoms with Gasteiger partial charge in [-0.25, -0.2) is 0 Å². The first-order valence-corrected chi connectivity index (χ1v) is 7.39. The number of methoxy groups -OCH3 is 1. The number of nitrogens with zero attached hydrogens (tertiary/aromatic N) is 1. The molecule has 1 saturated heterocycles. The van der Waals surface area contributed by atoms with Gasteiger partial charge in [0, 0.05) is 18.7 Å². The summed E-state index contributed by atoms with van der Waals surface area (Å²) in [6.45, 7) is 2.56. The Morgan fingerprint density at radius 2 is 1.77 bits per heavy atom. The molecule has 0 spiro atoms. The molecule has 4 heteroatoms. The number of amides is 1. The number of carbonyl (C=O) groups excluding carboxylic acids is 1. The zero-order valence-corrected chi connectivity index (χ0v) is 12.6. The summed E-state index contributed by atoms with van der Waals surface area (Å²) in [4.78, 5) is 14.2. The summed E-state index contributed by atoms with van der Waals surface area (Å²) in [6, 6.07) is 15.6. The van der Waals surface area contributed by atoms with Crippen LogP contribution in [0.3, 0.4) is 0 Å². The van der Waals surface area contributed by atoms with E-state index < -0.39 is 0 Å². The molecule has 2 aromatic carbocycles. The molecule has 0 N–H and O–H groups in total. The molecule has 2 aromatic rings. The van der Waals surface area contributed by atoms with Crippen LogP contribution in [0.5, 0.6) is 5.75 Å². The zero-order valence-electron chi connectivity index (χ0n) is 12.6. The Morgan fingerprint density at radius 3 is 2.45 bits per heavy atom. The van der Waals surface area contributed by atoms with E-state index in [0.717, 1.165) is 16.9 Å². The van der Waals surface area contributed by atoms with Crippen LogP contribution in [0.2, 0.25) is 0 Å². The van der Waals surface area contributed by atoms with Crippen LogP contribution < -0.4 is 4.74 Å². The number of hydrogen-bond acceptors (Lipinski definition) is 3. The topological polar surface area (TPSA) is 38.8 Å². The lowest BCUT2D eigenvalue weighted by atomic mass is 10.0. The second-order valence-electron chi connectivity index (χ2n) is 5.21. The largest absolute Gasteiger partial charge is 0.497 e. The van der Waals surface area contributed by atoms with Crippen molar-refractivity contribution in [3.05, 3.63) is 54.1 Å². The van der Waals surface area contributed by atoms with Gasteiger partial charge in [0.05, 0.1) is 20.3 Å². The Labute approximate surface area is 130 Å². The van der Waals surface area contributed by atoms with Crippen LogP contribution in [-0.2, 0) is 4.74 Å². The summed E-state index contributed by atoms with van der Waals surface area (Å²) in [6.07, 6.45) is 0. The fourth-order valence-electron chi connectivity index (χ4n) is 2.56. The van der Waals surface area contributed by atoms with Crippen LogP contribution in [0.15, 0.2) is 48.5 Å². The Hall–Kier alpha value is -2.33. The second kappa shape index (κ2) is 6.62. The molecule has 4 nitrogen and oxygen atoms in total. The van der Waals surface area contributed by atoms with Crippen molar-refractivity contribution in [1.82, 2.24) is 4.90 Å². The molecule has 1 aliphatic heterocycles. The summed E-state index contributed by atoms with van der Waals surface area (Å²) in [7, 11) is 1.66. The Kier molecular flexibility index (Phi) is 4.39. The van der Waals surface area contributed by atoms with E-state index in [0.29, 0.717) is 31.9 Å².